The van der Waals surface area contributed by atoms with Crippen LogP contribution in [0.2, 0.25) is 0 Å². The smallest absolute Gasteiger partial charge is 0.387 e. The Balaban J connectivity index is 1.93. The minimum absolute atomic E-state index is 0.0444. The summed E-state index contributed by atoms with van der Waals surface area (Å²) in [6, 6.07) is 5.73. The second-order valence-electron chi connectivity index (χ2n) is 5.14. The first kappa shape index (κ1) is 19.3. The monoisotopic (exact) mass is 417 g/mol. The summed E-state index contributed by atoms with van der Waals surface area (Å²) in [4.78, 5) is 11.1. The molecule has 144 valence electrons. The van der Waals surface area contributed by atoms with E-state index in [1.54, 1.807) is 6.07 Å². The van der Waals surface area contributed by atoms with Crippen molar-refractivity contribution >= 4 is 33.4 Å². The number of halogens is 3. The van der Waals surface area contributed by atoms with Crippen LogP contribution in [0.3, 0.4) is 0 Å². The number of pyridine rings is 1. The molecule has 0 aliphatic rings. The summed E-state index contributed by atoms with van der Waals surface area (Å²) in [6.45, 7) is -2.95. The van der Waals surface area contributed by atoms with Crippen LogP contribution in [0.15, 0.2) is 35.6 Å². The SMILES string of the molecule is COc1ccnc([C@@H](Cl)[S@@](=O)c2nc3ccc(OC(F)F)cc3[nH]2)c1OC. The van der Waals surface area contributed by atoms with Crippen molar-refractivity contribution in [2.45, 2.75) is 16.5 Å². The number of alkyl halides is 3. The maximum Gasteiger partial charge on any atom is 0.387 e. The zero-order chi connectivity index (χ0) is 19.6. The van der Waals surface area contributed by atoms with Gasteiger partial charge in [-0.1, -0.05) is 0 Å². The van der Waals surface area contributed by atoms with Crippen molar-refractivity contribution in [3.63, 3.8) is 0 Å². The van der Waals surface area contributed by atoms with Crippen LogP contribution in [0, 0.1) is 0 Å². The van der Waals surface area contributed by atoms with Crippen LogP contribution in [0.25, 0.3) is 11.0 Å². The van der Waals surface area contributed by atoms with Gasteiger partial charge in [-0.05, 0) is 12.1 Å². The number of fused-ring (bicyclic) bond motifs is 1. The van der Waals surface area contributed by atoms with Gasteiger partial charge in [0.05, 0.1) is 25.3 Å². The lowest BCUT2D eigenvalue weighted by Crippen LogP contribution is -2.07. The molecular weight excluding hydrogens is 404 g/mol. The number of aromatic nitrogens is 3. The van der Waals surface area contributed by atoms with Crippen LogP contribution in [0.4, 0.5) is 8.78 Å². The largest absolute Gasteiger partial charge is 0.493 e. The van der Waals surface area contributed by atoms with E-state index >= 15 is 0 Å². The molecule has 0 saturated heterocycles. The fourth-order valence-electron chi connectivity index (χ4n) is 2.41. The van der Waals surface area contributed by atoms with Gasteiger partial charge in [0.2, 0.25) is 0 Å². The van der Waals surface area contributed by atoms with Crippen LogP contribution in [-0.2, 0) is 10.8 Å². The van der Waals surface area contributed by atoms with Gasteiger partial charge < -0.3 is 19.2 Å². The van der Waals surface area contributed by atoms with Crippen molar-refractivity contribution in [3.05, 3.63) is 36.2 Å². The topological polar surface area (TPSA) is 86.3 Å². The van der Waals surface area contributed by atoms with Crippen LogP contribution >= 0.6 is 11.6 Å². The Bertz CT molecular complexity index is 985. The molecule has 2 heterocycles. The van der Waals surface area contributed by atoms with Crippen LogP contribution < -0.4 is 14.2 Å². The first-order valence-corrected chi connectivity index (χ1v) is 9.15. The fraction of sp³-hybridized carbons (Fsp3) is 0.250. The van der Waals surface area contributed by atoms with E-state index in [2.05, 4.69) is 19.7 Å². The molecule has 0 radical (unpaired) electrons. The van der Waals surface area contributed by atoms with E-state index < -0.39 is 22.1 Å². The van der Waals surface area contributed by atoms with Crippen molar-refractivity contribution < 1.29 is 27.2 Å². The molecule has 0 fully saturated rings. The Morgan fingerprint density at radius 1 is 1.22 bits per heavy atom. The van der Waals surface area contributed by atoms with Crippen LogP contribution in [-0.4, -0.2) is 40.0 Å². The van der Waals surface area contributed by atoms with Crippen molar-refractivity contribution in [1.29, 1.82) is 0 Å². The quantitative estimate of drug-likeness (QED) is 0.591. The van der Waals surface area contributed by atoms with Gasteiger partial charge in [-0.25, -0.2) is 9.19 Å². The Labute approximate surface area is 160 Å². The molecule has 2 aromatic heterocycles. The summed E-state index contributed by atoms with van der Waals surface area (Å²) in [5.74, 6) is 0.609. The number of ether oxygens (including phenoxy) is 3. The number of H-pyrrole nitrogens is 1. The number of nitrogens with zero attached hydrogens (tertiary/aromatic N) is 2. The lowest BCUT2D eigenvalue weighted by atomic mass is 10.3. The molecule has 0 spiro atoms. The number of nitrogens with one attached hydrogen (secondary N) is 1. The van der Waals surface area contributed by atoms with Gasteiger partial charge in [-0.15, -0.1) is 11.6 Å². The summed E-state index contributed by atoms with van der Waals surface area (Å²) in [5.41, 5.74) is 1.03. The summed E-state index contributed by atoms with van der Waals surface area (Å²) >= 11 is 6.35. The molecule has 3 aromatic rings. The highest BCUT2D eigenvalue weighted by atomic mass is 35.5. The highest BCUT2D eigenvalue weighted by Crippen LogP contribution is 2.38. The molecule has 0 aliphatic carbocycles. The van der Waals surface area contributed by atoms with Gasteiger partial charge in [0, 0.05) is 18.3 Å². The van der Waals surface area contributed by atoms with Gasteiger partial charge in [0.1, 0.15) is 22.2 Å². The minimum Gasteiger partial charge on any atom is -0.493 e. The van der Waals surface area contributed by atoms with E-state index in [0.717, 1.165) is 0 Å². The predicted molar refractivity (Wildman–Crippen MR) is 95.1 cm³/mol. The fourth-order valence-corrected chi connectivity index (χ4v) is 3.78. The van der Waals surface area contributed by atoms with Crippen molar-refractivity contribution in [2.75, 3.05) is 14.2 Å². The zero-order valence-corrected chi connectivity index (χ0v) is 15.7. The second-order valence-corrected chi connectivity index (χ2v) is 7.29. The van der Waals surface area contributed by atoms with E-state index in [0.29, 0.717) is 16.8 Å². The van der Waals surface area contributed by atoms with E-state index in [1.165, 1.54) is 38.6 Å². The summed E-state index contributed by atoms with van der Waals surface area (Å²) < 4.78 is 51.2. The maximum atomic E-state index is 12.8. The second kappa shape index (κ2) is 8.05. The molecule has 0 bridgehead atoms. The summed E-state index contributed by atoms with van der Waals surface area (Å²) in [6.07, 6.45) is 1.45. The van der Waals surface area contributed by atoms with Crippen molar-refractivity contribution in [2.24, 2.45) is 0 Å². The third kappa shape index (κ3) is 3.96. The van der Waals surface area contributed by atoms with Gasteiger partial charge >= 0.3 is 6.61 Å². The number of hydrogen-bond acceptors (Lipinski definition) is 6. The first-order valence-electron chi connectivity index (χ1n) is 7.50. The number of methoxy groups -OCH3 is 2. The molecule has 3 rings (SSSR count). The lowest BCUT2D eigenvalue weighted by Gasteiger charge is -2.14. The molecule has 0 saturated carbocycles. The molecule has 11 heteroatoms. The normalized spacial score (nSPS) is 13.6. The van der Waals surface area contributed by atoms with Gasteiger partial charge in [0.15, 0.2) is 21.4 Å². The molecule has 1 N–H and O–H groups in total. The van der Waals surface area contributed by atoms with E-state index in [4.69, 9.17) is 21.1 Å². The third-order valence-corrected chi connectivity index (χ3v) is 5.44. The molecule has 1 aromatic carbocycles. The summed E-state index contributed by atoms with van der Waals surface area (Å²) in [7, 11) is 1.04. The lowest BCUT2D eigenvalue weighted by molar-refractivity contribution is -0.0497. The molecule has 27 heavy (non-hydrogen) atoms. The van der Waals surface area contributed by atoms with Gasteiger partial charge in [0.25, 0.3) is 0 Å². The van der Waals surface area contributed by atoms with Crippen molar-refractivity contribution in [1.82, 2.24) is 15.0 Å². The molecule has 7 nitrogen and oxygen atoms in total. The Hall–Kier alpha value is -2.46. The number of imidazole rings is 1. The number of hydrogen-bond donors (Lipinski definition) is 1. The minimum atomic E-state index is -2.95. The highest BCUT2D eigenvalue weighted by molar-refractivity contribution is 7.86. The Morgan fingerprint density at radius 3 is 2.67 bits per heavy atom. The van der Waals surface area contributed by atoms with Crippen LogP contribution in [0.1, 0.15) is 10.4 Å². The predicted octanol–water partition coefficient (Wildman–Crippen LogP) is 3.62. The zero-order valence-electron chi connectivity index (χ0n) is 14.1. The molecule has 0 aliphatic heterocycles. The highest BCUT2D eigenvalue weighted by Gasteiger charge is 2.27. The standard InChI is InChI=1S/C16H14ClF2N3O4S/c1-24-11-5-6-20-12(13(11)25-2)14(17)27(23)16-21-9-4-3-8(26-15(18)19)7-10(9)22-16/h3-7,14-15H,1-2H3,(H,21,22)/t14-,27+/m0/s1. The molecule has 2 atom stereocenters. The Kier molecular flexibility index (Phi) is 5.76. The number of aromatic amines is 1. The van der Waals surface area contributed by atoms with Crippen LogP contribution in [0.5, 0.6) is 17.2 Å². The van der Waals surface area contributed by atoms with Gasteiger partial charge in [-0.3, -0.25) is 4.98 Å². The average molecular weight is 418 g/mol. The number of rotatable bonds is 7. The van der Waals surface area contributed by atoms with E-state index in [9.17, 15) is 13.0 Å². The van der Waals surface area contributed by atoms with Gasteiger partial charge in [-0.2, -0.15) is 8.78 Å². The summed E-state index contributed by atoms with van der Waals surface area (Å²) in [5, 5.41) is 0.0610. The molecule has 0 amide bonds. The first-order chi connectivity index (χ1) is 12.9. The third-order valence-electron chi connectivity index (χ3n) is 3.57. The number of benzene rings is 1. The average Bonchev–Trinajstić information content (AvgIpc) is 3.08. The van der Waals surface area contributed by atoms with Crippen molar-refractivity contribution in [3.8, 4) is 17.2 Å². The maximum absolute atomic E-state index is 12.8. The molecular formula is C16H14ClF2N3O4S. The van der Waals surface area contributed by atoms with E-state index in [1.807, 2.05) is 0 Å². The Morgan fingerprint density at radius 2 is 2.00 bits per heavy atom. The van der Waals surface area contributed by atoms with E-state index in [-0.39, 0.29) is 22.3 Å². The molecule has 0 unspecified atom stereocenters.